The van der Waals surface area contributed by atoms with Crippen LogP contribution < -0.4 is 9.47 Å². The van der Waals surface area contributed by atoms with E-state index in [1.54, 1.807) is 30.5 Å². The number of hydrogen-bond donors (Lipinski definition) is 1. The quantitative estimate of drug-likeness (QED) is 0.586. The van der Waals surface area contributed by atoms with E-state index in [0.29, 0.717) is 29.7 Å². The van der Waals surface area contributed by atoms with E-state index in [1.807, 2.05) is 6.07 Å². The number of benzene rings is 2. The second kappa shape index (κ2) is 8.31. The first-order chi connectivity index (χ1) is 14.1. The van der Waals surface area contributed by atoms with E-state index >= 15 is 0 Å². The normalized spacial score (nSPS) is 13.1. The third-order valence-corrected chi connectivity index (χ3v) is 4.71. The maximum Gasteiger partial charge on any atom is 0.335 e. The third kappa shape index (κ3) is 5.10. The minimum absolute atomic E-state index is 0.203. The van der Waals surface area contributed by atoms with Gasteiger partial charge in [0, 0.05) is 23.9 Å². The maximum atomic E-state index is 14.1. The molecule has 5 nitrogen and oxygen atoms in total. The van der Waals surface area contributed by atoms with Crippen molar-refractivity contribution in [1.29, 1.82) is 0 Å². The molecule has 0 unspecified atom stereocenters. The number of ether oxygens (including phenoxy) is 2. The fraction of sp³-hybridized carbons (Fsp3) is 0.217. The van der Waals surface area contributed by atoms with Gasteiger partial charge in [0.2, 0.25) is 5.88 Å². The summed E-state index contributed by atoms with van der Waals surface area (Å²) in [5.41, 5.74) is 2.42. The molecule has 1 N–H and O–H groups in total. The maximum absolute atomic E-state index is 14.1. The van der Waals surface area contributed by atoms with Crippen molar-refractivity contribution in [3.63, 3.8) is 0 Å². The summed E-state index contributed by atoms with van der Waals surface area (Å²) in [4.78, 5) is 15.2. The molecule has 148 valence electrons. The molecule has 4 rings (SSSR count). The van der Waals surface area contributed by atoms with Gasteiger partial charge in [-0.15, -0.1) is 0 Å². The molecule has 0 radical (unpaired) electrons. The Morgan fingerprint density at radius 3 is 2.48 bits per heavy atom. The van der Waals surface area contributed by atoms with Crippen LogP contribution in [0.3, 0.4) is 0 Å². The van der Waals surface area contributed by atoms with Gasteiger partial charge in [0.1, 0.15) is 18.2 Å². The lowest BCUT2D eigenvalue weighted by molar-refractivity contribution is 0.0697. The summed E-state index contributed by atoms with van der Waals surface area (Å²) in [6.45, 7) is 0.896. The number of nitrogens with zero attached hydrogens (tertiary/aromatic N) is 1. The van der Waals surface area contributed by atoms with Crippen LogP contribution >= 0.6 is 0 Å². The molecule has 29 heavy (non-hydrogen) atoms. The molecular weight excluding hydrogens is 373 g/mol. The molecular formula is C23H20FNO4. The fourth-order valence-corrected chi connectivity index (χ4v) is 2.85. The van der Waals surface area contributed by atoms with Gasteiger partial charge in [-0.3, -0.25) is 0 Å². The summed E-state index contributed by atoms with van der Waals surface area (Å²) in [5.74, 6) is 0.215. The van der Waals surface area contributed by atoms with E-state index in [2.05, 4.69) is 4.98 Å². The van der Waals surface area contributed by atoms with Crippen molar-refractivity contribution < 1.29 is 23.8 Å². The van der Waals surface area contributed by atoms with Crippen LogP contribution in [0.4, 0.5) is 4.39 Å². The molecule has 1 aromatic heterocycles. The number of aromatic carboxylic acids is 1. The average Bonchev–Trinajstić information content (AvgIpc) is 3.55. The molecule has 2 aromatic carbocycles. The van der Waals surface area contributed by atoms with E-state index in [1.165, 1.54) is 37.1 Å². The first-order valence-electron chi connectivity index (χ1n) is 9.42. The molecule has 3 aromatic rings. The summed E-state index contributed by atoms with van der Waals surface area (Å²) in [6.07, 6.45) is 4.09. The Morgan fingerprint density at radius 1 is 1.03 bits per heavy atom. The molecule has 0 aliphatic heterocycles. The fourth-order valence-electron chi connectivity index (χ4n) is 2.85. The number of rotatable bonds is 8. The van der Waals surface area contributed by atoms with Crippen molar-refractivity contribution in [2.24, 2.45) is 5.92 Å². The Labute approximate surface area is 167 Å². The monoisotopic (exact) mass is 393 g/mol. The smallest absolute Gasteiger partial charge is 0.335 e. The number of carbonyl (C=O) groups is 1. The van der Waals surface area contributed by atoms with Gasteiger partial charge >= 0.3 is 5.97 Å². The van der Waals surface area contributed by atoms with Crippen LogP contribution in [0.25, 0.3) is 11.1 Å². The highest BCUT2D eigenvalue weighted by Crippen LogP contribution is 2.30. The highest BCUT2D eigenvalue weighted by molar-refractivity contribution is 5.87. The summed E-state index contributed by atoms with van der Waals surface area (Å²) < 4.78 is 25.4. The number of aromatic nitrogens is 1. The molecule has 0 bridgehead atoms. The summed E-state index contributed by atoms with van der Waals surface area (Å²) in [7, 11) is 0. The van der Waals surface area contributed by atoms with E-state index in [4.69, 9.17) is 14.6 Å². The first kappa shape index (κ1) is 18.9. The first-order valence-corrected chi connectivity index (χ1v) is 9.42. The number of halogens is 1. The Hall–Kier alpha value is -3.41. The van der Waals surface area contributed by atoms with E-state index in [-0.39, 0.29) is 12.2 Å². The van der Waals surface area contributed by atoms with E-state index in [9.17, 15) is 9.18 Å². The van der Waals surface area contributed by atoms with Gasteiger partial charge in [-0.2, -0.15) is 0 Å². The largest absolute Gasteiger partial charge is 0.489 e. The molecule has 0 atom stereocenters. The van der Waals surface area contributed by atoms with E-state index in [0.717, 1.165) is 11.1 Å². The minimum atomic E-state index is -0.982. The van der Waals surface area contributed by atoms with Crippen LogP contribution in [-0.4, -0.2) is 22.7 Å². The molecule has 0 spiro atoms. The predicted molar refractivity (Wildman–Crippen MR) is 106 cm³/mol. The van der Waals surface area contributed by atoms with Crippen LogP contribution in [0, 0.1) is 11.7 Å². The van der Waals surface area contributed by atoms with Gasteiger partial charge in [-0.25, -0.2) is 14.2 Å². The Balaban J connectivity index is 1.43. The standard InChI is InChI=1S/C23H20FNO4/c24-20-9-19(18-7-8-22(25-12-18)29-14-15-1-2-15)10-21(11-20)28-13-16-3-5-17(6-4-16)23(26)27/h3-12,15H,1-2,13-14H2,(H,26,27). The second-order valence-electron chi connectivity index (χ2n) is 7.11. The van der Waals surface area contributed by atoms with Crippen molar-refractivity contribution in [3.05, 3.63) is 77.7 Å². The highest BCUT2D eigenvalue weighted by Gasteiger charge is 2.22. The number of hydrogen-bond acceptors (Lipinski definition) is 4. The molecule has 1 saturated carbocycles. The minimum Gasteiger partial charge on any atom is -0.489 e. The molecule has 1 fully saturated rings. The van der Waals surface area contributed by atoms with Crippen molar-refractivity contribution >= 4 is 5.97 Å². The second-order valence-corrected chi connectivity index (χ2v) is 7.11. The Kier molecular flexibility index (Phi) is 5.42. The van der Waals surface area contributed by atoms with Crippen molar-refractivity contribution in [2.45, 2.75) is 19.4 Å². The van der Waals surface area contributed by atoms with Gasteiger partial charge in [0.05, 0.1) is 12.2 Å². The SMILES string of the molecule is O=C(O)c1ccc(COc2cc(F)cc(-c3ccc(OCC4CC4)nc3)c2)cc1. The zero-order chi connectivity index (χ0) is 20.2. The van der Waals surface area contributed by atoms with Gasteiger partial charge in [0.15, 0.2) is 0 Å². The van der Waals surface area contributed by atoms with Gasteiger partial charge < -0.3 is 14.6 Å². The summed E-state index contributed by atoms with van der Waals surface area (Å²) >= 11 is 0. The van der Waals surface area contributed by atoms with Crippen molar-refractivity contribution in [1.82, 2.24) is 4.98 Å². The zero-order valence-electron chi connectivity index (χ0n) is 15.7. The van der Waals surface area contributed by atoms with E-state index < -0.39 is 11.8 Å². The zero-order valence-corrected chi connectivity index (χ0v) is 15.7. The Bertz CT molecular complexity index is 998. The summed E-state index contributed by atoms with van der Waals surface area (Å²) in [5, 5.41) is 8.94. The topological polar surface area (TPSA) is 68.7 Å². The Morgan fingerprint density at radius 2 is 1.83 bits per heavy atom. The van der Waals surface area contributed by atoms with Crippen LogP contribution in [0.1, 0.15) is 28.8 Å². The van der Waals surface area contributed by atoms with Crippen LogP contribution in [-0.2, 0) is 6.61 Å². The lowest BCUT2D eigenvalue weighted by atomic mass is 10.1. The number of carboxylic acid groups (broad SMARTS) is 1. The molecule has 1 aliphatic carbocycles. The molecule has 1 aliphatic rings. The summed E-state index contributed by atoms with van der Waals surface area (Å²) in [6, 6.07) is 14.5. The van der Waals surface area contributed by atoms with Crippen LogP contribution in [0.2, 0.25) is 0 Å². The lowest BCUT2D eigenvalue weighted by Crippen LogP contribution is -2.00. The van der Waals surface area contributed by atoms with Crippen LogP contribution in [0.15, 0.2) is 60.8 Å². The van der Waals surface area contributed by atoms with Gasteiger partial charge in [-0.05, 0) is 60.2 Å². The lowest BCUT2D eigenvalue weighted by Gasteiger charge is -2.10. The molecule has 6 heteroatoms. The highest BCUT2D eigenvalue weighted by atomic mass is 19.1. The molecule has 0 saturated heterocycles. The van der Waals surface area contributed by atoms with Gasteiger partial charge in [-0.1, -0.05) is 12.1 Å². The van der Waals surface area contributed by atoms with Crippen molar-refractivity contribution in [3.8, 4) is 22.8 Å². The average molecular weight is 393 g/mol. The molecule has 1 heterocycles. The number of carboxylic acids is 1. The predicted octanol–water partition coefficient (Wildman–Crippen LogP) is 4.95. The number of pyridine rings is 1. The molecule has 0 amide bonds. The third-order valence-electron chi connectivity index (χ3n) is 4.71. The van der Waals surface area contributed by atoms with Gasteiger partial charge in [0.25, 0.3) is 0 Å². The van der Waals surface area contributed by atoms with Crippen LogP contribution in [0.5, 0.6) is 11.6 Å². The van der Waals surface area contributed by atoms with Crippen molar-refractivity contribution in [2.75, 3.05) is 6.61 Å².